The van der Waals surface area contributed by atoms with E-state index >= 15 is 0 Å². The maximum Gasteiger partial charge on any atom is 0.472 e. The Bertz CT molecular complexity index is 1720. The van der Waals surface area contributed by atoms with Gasteiger partial charge in [-0.3, -0.25) is 37.3 Å². The Hall–Kier alpha value is -1.94. The molecule has 2 unspecified atom stereocenters. The number of aliphatic hydroxyl groups excluding tert-OH is 1. The SMILES string of the molecule is CCCCCCCCCCC(=O)OC[C@H](COP(=O)(O)OC[C@H](O)COP(=O)(O)OC[C@@H](COC(=O)CCCCCCCCCCCCCC(C)C)OC(=O)CCCCCCCCCCCCCC(C)C)OC(=O)CCCCCCCCCCC(C)C. The van der Waals surface area contributed by atoms with Crippen LogP contribution in [-0.4, -0.2) is 96.7 Å². The molecule has 0 aliphatic carbocycles. The zero-order valence-corrected chi connectivity index (χ0v) is 58.3. The van der Waals surface area contributed by atoms with E-state index in [4.69, 9.17) is 37.0 Å². The normalized spacial score (nSPS) is 14.3. The number of esters is 4. The Balaban J connectivity index is 5.23. The number of ether oxygens (including phenoxy) is 4. The fourth-order valence-electron chi connectivity index (χ4n) is 10.2. The summed E-state index contributed by atoms with van der Waals surface area (Å²) in [5, 5.41) is 10.6. The molecule has 0 aromatic heterocycles. The summed E-state index contributed by atoms with van der Waals surface area (Å²) in [6.45, 7) is 11.8. The first-order valence-electron chi connectivity index (χ1n) is 35.3. The van der Waals surface area contributed by atoms with Crippen LogP contribution in [0.3, 0.4) is 0 Å². The minimum atomic E-state index is -4.95. The van der Waals surface area contributed by atoms with E-state index in [1.165, 1.54) is 141 Å². The third-order valence-electron chi connectivity index (χ3n) is 15.6. The quantitative estimate of drug-likeness (QED) is 0.0222. The van der Waals surface area contributed by atoms with E-state index in [0.29, 0.717) is 25.7 Å². The molecule has 0 amide bonds. The summed E-state index contributed by atoms with van der Waals surface area (Å²) in [4.78, 5) is 72.4. The van der Waals surface area contributed by atoms with Crippen LogP contribution in [0.25, 0.3) is 0 Å². The van der Waals surface area contributed by atoms with Crippen molar-refractivity contribution in [1.29, 1.82) is 0 Å². The Morgan fingerprint density at radius 2 is 0.529 bits per heavy atom. The summed E-state index contributed by atoms with van der Waals surface area (Å²) >= 11 is 0. The zero-order chi connectivity index (χ0) is 64.5. The molecule has 516 valence electrons. The van der Waals surface area contributed by atoms with Crippen LogP contribution in [0.2, 0.25) is 0 Å². The zero-order valence-electron chi connectivity index (χ0n) is 56.5. The van der Waals surface area contributed by atoms with E-state index in [-0.39, 0.29) is 25.7 Å². The van der Waals surface area contributed by atoms with Crippen LogP contribution in [0.1, 0.15) is 337 Å². The lowest BCUT2D eigenvalue weighted by Gasteiger charge is -2.21. The van der Waals surface area contributed by atoms with Crippen LogP contribution < -0.4 is 0 Å². The van der Waals surface area contributed by atoms with Gasteiger partial charge in [0, 0.05) is 25.7 Å². The highest BCUT2D eigenvalue weighted by Crippen LogP contribution is 2.45. The number of phosphoric acid groups is 2. The molecule has 3 N–H and O–H groups in total. The maximum atomic E-state index is 13.0. The van der Waals surface area contributed by atoms with E-state index in [2.05, 4.69) is 48.5 Å². The lowest BCUT2D eigenvalue weighted by atomic mass is 10.0. The van der Waals surface area contributed by atoms with Crippen molar-refractivity contribution in [2.24, 2.45) is 17.8 Å². The molecule has 87 heavy (non-hydrogen) atoms. The fraction of sp³-hybridized carbons (Fsp3) is 0.941. The molecule has 19 heteroatoms. The number of hydrogen-bond acceptors (Lipinski definition) is 15. The first kappa shape index (κ1) is 85.1. The Labute approximate surface area is 530 Å². The van der Waals surface area contributed by atoms with Crippen molar-refractivity contribution >= 4 is 39.5 Å². The molecule has 5 atom stereocenters. The van der Waals surface area contributed by atoms with Gasteiger partial charge in [-0.15, -0.1) is 0 Å². The number of carbonyl (C=O) groups excluding carboxylic acids is 4. The number of rotatable bonds is 66. The van der Waals surface area contributed by atoms with Crippen LogP contribution in [0, 0.1) is 17.8 Å². The Morgan fingerprint density at radius 3 is 0.782 bits per heavy atom. The van der Waals surface area contributed by atoms with Gasteiger partial charge in [0.25, 0.3) is 0 Å². The topological polar surface area (TPSA) is 237 Å². The highest BCUT2D eigenvalue weighted by molar-refractivity contribution is 7.47. The van der Waals surface area contributed by atoms with E-state index in [0.717, 1.165) is 114 Å². The molecule has 0 aromatic rings. The second-order valence-electron chi connectivity index (χ2n) is 26.0. The van der Waals surface area contributed by atoms with Crippen LogP contribution >= 0.6 is 15.6 Å². The number of carbonyl (C=O) groups is 4. The molecule has 0 radical (unpaired) electrons. The van der Waals surface area contributed by atoms with Gasteiger partial charge in [-0.25, -0.2) is 9.13 Å². The molecule has 0 fully saturated rings. The third kappa shape index (κ3) is 62.6. The molecule has 0 aliphatic heterocycles. The van der Waals surface area contributed by atoms with Gasteiger partial charge in [0.2, 0.25) is 0 Å². The van der Waals surface area contributed by atoms with Crippen molar-refractivity contribution in [2.75, 3.05) is 39.6 Å². The van der Waals surface area contributed by atoms with Crippen LogP contribution in [0.5, 0.6) is 0 Å². The molecule has 0 bridgehead atoms. The third-order valence-corrected chi connectivity index (χ3v) is 17.5. The molecule has 17 nitrogen and oxygen atoms in total. The summed E-state index contributed by atoms with van der Waals surface area (Å²) in [6.07, 6.45) is 41.7. The first-order chi connectivity index (χ1) is 41.7. The average molecular weight is 1280 g/mol. The molecular weight excluding hydrogens is 1150 g/mol. The predicted molar refractivity (Wildman–Crippen MR) is 349 cm³/mol. The summed E-state index contributed by atoms with van der Waals surface area (Å²) in [7, 11) is -9.89. The van der Waals surface area contributed by atoms with E-state index in [1.807, 2.05) is 0 Å². The summed E-state index contributed by atoms with van der Waals surface area (Å²) in [6, 6.07) is 0. The molecule has 0 aliphatic rings. The van der Waals surface area contributed by atoms with Crippen LogP contribution in [0.15, 0.2) is 0 Å². The fourth-order valence-corrected chi connectivity index (χ4v) is 11.8. The second-order valence-corrected chi connectivity index (χ2v) is 28.9. The monoisotopic (exact) mass is 1280 g/mol. The molecule has 0 aromatic carbocycles. The molecule has 0 saturated heterocycles. The summed E-state index contributed by atoms with van der Waals surface area (Å²) in [5.74, 6) is 0.122. The van der Waals surface area contributed by atoms with Crippen molar-refractivity contribution in [1.82, 2.24) is 0 Å². The average Bonchev–Trinajstić information content (AvgIpc) is 3.54. The maximum absolute atomic E-state index is 13.0. The molecular formula is C68H132O17P2. The van der Waals surface area contributed by atoms with Crippen molar-refractivity contribution in [3.05, 3.63) is 0 Å². The summed E-state index contributed by atoms with van der Waals surface area (Å²) in [5.41, 5.74) is 0. The molecule has 0 heterocycles. The van der Waals surface area contributed by atoms with Gasteiger partial charge in [-0.05, 0) is 43.4 Å². The van der Waals surface area contributed by atoms with E-state index < -0.39 is 97.5 Å². The number of phosphoric ester groups is 2. The number of unbranched alkanes of at least 4 members (excludes halogenated alkanes) is 34. The smallest absolute Gasteiger partial charge is 0.462 e. The van der Waals surface area contributed by atoms with Gasteiger partial charge in [-0.1, -0.05) is 286 Å². The Kier molecular flexibility index (Phi) is 57.8. The number of aliphatic hydroxyl groups is 1. The molecule has 0 rings (SSSR count). The second kappa shape index (κ2) is 59.1. The van der Waals surface area contributed by atoms with Gasteiger partial charge in [0.1, 0.15) is 19.3 Å². The minimum absolute atomic E-state index is 0.104. The molecule has 0 spiro atoms. The summed E-state index contributed by atoms with van der Waals surface area (Å²) < 4.78 is 68.1. The van der Waals surface area contributed by atoms with Gasteiger partial charge < -0.3 is 33.8 Å². The van der Waals surface area contributed by atoms with E-state index in [9.17, 15) is 43.2 Å². The van der Waals surface area contributed by atoms with Gasteiger partial charge in [0.15, 0.2) is 12.2 Å². The highest BCUT2D eigenvalue weighted by atomic mass is 31.2. The van der Waals surface area contributed by atoms with Crippen LogP contribution in [0.4, 0.5) is 0 Å². The lowest BCUT2D eigenvalue weighted by molar-refractivity contribution is -0.161. The first-order valence-corrected chi connectivity index (χ1v) is 38.3. The van der Waals surface area contributed by atoms with Crippen molar-refractivity contribution in [2.45, 2.75) is 356 Å². The van der Waals surface area contributed by atoms with Crippen molar-refractivity contribution < 1.29 is 80.2 Å². The van der Waals surface area contributed by atoms with Crippen LogP contribution in [-0.2, 0) is 65.4 Å². The standard InChI is InChI=1S/C68H132O17P2/c1-8-9-10-11-12-28-35-42-49-65(70)78-55-63(85-68(73)52-45-38-31-24-23-27-34-41-48-61(6)7)57-82-86(74,75)80-53-62(69)54-81-87(76,77)83-58-64(84-67(72)51-44-37-30-22-18-14-16-20-26-33-40-47-60(4)5)56-79-66(71)50-43-36-29-21-17-13-15-19-25-32-39-46-59(2)3/h59-64,69H,8-58H2,1-7H3,(H,74,75)(H,76,77)/t62-,63+,64+/m0/s1. The van der Waals surface area contributed by atoms with Gasteiger partial charge in [-0.2, -0.15) is 0 Å². The highest BCUT2D eigenvalue weighted by Gasteiger charge is 2.30. The largest absolute Gasteiger partial charge is 0.472 e. The van der Waals surface area contributed by atoms with Gasteiger partial charge >= 0.3 is 39.5 Å². The Morgan fingerprint density at radius 1 is 0.310 bits per heavy atom. The molecule has 0 saturated carbocycles. The van der Waals surface area contributed by atoms with Crippen molar-refractivity contribution in [3.8, 4) is 0 Å². The lowest BCUT2D eigenvalue weighted by Crippen LogP contribution is -2.30. The van der Waals surface area contributed by atoms with E-state index in [1.54, 1.807) is 0 Å². The minimum Gasteiger partial charge on any atom is -0.462 e. The van der Waals surface area contributed by atoms with Gasteiger partial charge in [0.05, 0.1) is 26.4 Å². The number of hydrogen-bond donors (Lipinski definition) is 3. The van der Waals surface area contributed by atoms with Crippen molar-refractivity contribution in [3.63, 3.8) is 0 Å². The predicted octanol–water partition coefficient (Wildman–Crippen LogP) is 19.1.